The third-order valence-corrected chi connectivity index (χ3v) is 2.85. The highest BCUT2D eigenvalue weighted by atomic mass is 16.5. The van der Waals surface area contributed by atoms with E-state index in [1.54, 1.807) is 0 Å². The van der Waals surface area contributed by atoms with Crippen LogP contribution in [0.1, 0.15) is 24.3 Å². The Morgan fingerprint density at radius 1 is 1.35 bits per heavy atom. The Labute approximate surface area is 118 Å². The van der Waals surface area contributed by atoms with Gasteiger partial charge in [0.2, 0.25) is 5.91 Å². The quantitative estimate of drug-likeness (QED) is 0.788. The standard InChI is InChI=1S/C15H18N2O3/c1-12-14(20-11-17-12)10-16-15(18)8-5-9-19-13-6-3-2-4-7-13/h2-4,6-7,11H,5,8-10H2,1H3,(H,16,18). The Kier molecular flexibility index (Phi) is 5.17. The van der Waals surface area contributed by atoms with Gasteiger partial charge in [0.1, 0.15) is 11.5 Å². The van der Waals surface area contributed by atoms with Crippen molar-refractivity contribution >= 4 is 5.91 Å². The van der Waals surface area contributed by atoms with Crippen LogP contribution < -0.4 is 10.1 Å². The Morgan fingerprint density at radius 3 is 2.85 bits per heavy atom. The van der Waals surface area contributed by atoms with Gasteiger partial charge in [-0.25, -0.2) is 4.98 Å². The van der Waals surface area contributed by atoms with E-state index >= 15 is 0 Å². The molecule has 0 aliphatic heterocycles. The lowest BCUT2D eigenvalue weighted by molar-refractivity contribution is -0.121. The van der Waals surface area contributed by atoms with E-state index in [0.717, 1.165) is 11.4 Å². The van der Waals surface area contributed by atoms with E-state index in [1.807, 2.05) is 37.3 Å². The highest BCUT2D eigenvalue weighted by Gasteiger charge is 2.06. The predicted octanol–water partition coefficient (Wildman–Crippen LogP) is 2.46. The van der Waals surface area contributed by atoms with Gasteiger partial charge < -0.3 is 14.5 Å². The van der Waals surface area contributed by atoms with E-state index in [4.69, 9.17) is 9.15 Å². The zero-order chi connectivity index (χ0) is 14.2. The second-order valence-electron chi connectivity index (χ2n) is 4.40. The molecule has 1 heterocycles. The summed E-state index contributed by atoms with van der Waals surface area (Å²) < 4.78 is 10.7. The van der Waals surface area contributed by atoms with Gasteiger partial charge in [-0.15, -0.1) is 0 Å². The molecule has 0 radical (unpaired) electrons. The number of para-hydroxylation sites is 1. The zero-order valence-electron chi connectivity index (χ0n) is 11.5. The van der Waals surface area contributed by atoms with Gasteiger partial charge >= 0.3 is 0 Å². The van der Waals surface area contributed by atoms with Crippen molar-refractivity contribution in [3.05, 3.63) is 48.2 Å². The third kappa shape index (κ3) is 4.42. The zero-order valence-corrected chi connectivity index (χ0v) is 11.5. The van der Waals surface area contributed by atoms with Crippen LogP contribution in [0.4, 0.5) is 0 Å². The molecule has 1 N–H and O–H groups in total. The summed E-state index contributed by atoms with van der Waals surface area (Å²) in [5.74, 6) is 1.50. The van der Waals surface area contributed by atoms with Gasteiger partial charge in [0.15, 0.2) is 6.39 Å². The molecule has 5 heteroatoms. The van der Waals surface area contributed by atoms with Crippen LogP contribution in [0, 0.1) is 6.92 Å². The second kappa shape index (κ2) is 7.33. The first-order valence-corrected chi connectivity index (χ1v) is 6.59. The van der Waals surface area contributed by atoms with Crippen molar-refractivity contribution in [2.24, 2.45) is 0 Å². The van der Waals surface area contributed by atoms with E-state index < -0.39 is 0 Å². The minimum atomic E-state index is -0.0162. The molecule has 0 fully saturated rings. The van der Waals surface area contributed by atoms with Gasteiger partial charge in [0.25, 0.3) is 0 Å². The Balaban J connectivity index is 1.60. The molecule has 5 nitrogen and oxygen atoms in total. The molecule has 0 aliphatic carbocycles. The Hall–Kier alpha value is -2.30. The fraction of sp³-hybridized carbons (Fsp3) is 0.333. The van der Waals surface area contributed by atoms with E-state index in [9.17, 15) is 4.79 Å². The van der Waals surface area contributed by atoms with Gasteiger partial charge in [-0.1, -0.05) is 18.2 Å². The van der Waals surface area contributed by atoms with Gasteiger partial charge in [0, 0.05) is 6.42 Å². The molecule has 1 aromatic carbocycles. The summed E-state index contributed by atoms with van der Waals surface area (Å²) in [6.45, 7) is 2.75. The number of nitrogens with one attached hydrogen (secondary N) is 1. The van der Waals surface area contributed by atoms with Gasteiger partial charge in [-0.3, -0.25) is 4.79 Å². The summed E-state index contributed by atoms with van der Waals surface area (Å²) in [5, 5.41) is 2.80. The maximum Gasteiger partial charge on any atom is 0.220 e. The summed E-state index contributed by atoms with van der Waals surface area (Å²) in [6.07, 6.45) is 2.49. The third-order valence-electron chi connectivity index (χ3n) is 2.85. The second-order valence-corrected chi connectivity index (χ2v) is 4.40. The number of nitrogens with zero attached hydrogens (tertiary/aromatic N) is 1. The minimum Gasteiger partial charge on any atom is -0.494 e. The smallest absolute Gasteiger partial charge is 0.220 e. The number of hydrogen-bond acceptors (Lipinski definition) is 4. The summed E-state index contributed by atoms with van der Waals surface area (Å²) >= 11 is 0. The van der Waals surface area contributed by atoms with E-state index in [1.165, 1.54) is 6.39 Å². The average Bonchev–Trinajstić information content (AvgIpc) is 2.88. The molecule has 0 saturated heterocycles. The molecule has 2 rings (SSSR count). The first-order valence-electron chi connectivity index (χ1n) is 6.59. The number of benzene rings is 1. The number of carbonyl (C=O) groups is 1. The molecule has 0 saturated carbocycles. The average molecular weight is 274 g/mol. The van der Waals surface area contributed by atoms with Gasteiger partial charge in [0.05, 0.1) is 18.8 Å². The van der Waals surface area contributed by atoms with Gasteiger partial charge in [-0.2, -0.15) is 0 Å². The molecule has 20 heavy (non-hydrogen) atoms. The molecule has 0 aliphatic rings. The lowest BCUT2D eigenvalue weighted by atomic mass is 10.3. The highest BCUT2D eigenvalue weighted by Crippen LogP contribution is 2.09. The van der Waals surface area contributed by atoms with Crippen molar-refractivity contribution in [2.75, 3.05) is 6.61 Å². The van der Waals surface area contributed by atoms with Crippen molar-refractivity contribution in [1.82, 2.24) is 10.3 Å². The topological polar surface area (TPSA) is 64.4 Å². The first-order chi connectivity index (χ1) is 9.75. The normalized spacial score (nSPS) is 10.2. The number of rotatable bonds is 7. The number of hydrogen-bond donors (Lipinski definition) is 1. The molecular formula is C15H18N2O3. The number of carbonyl (C=O) groups excluding carboxylic acids is 1. The van der Waals surface area contributed by atoms with Gasteiger partial charge in [-0.05, 0) is 25.5 Å². The van der Waals surface area contributed by atoms with E-state index in [0.29, 0.717) is 31.8 Å². The predicted molar refractivity (Wildman–Crippen MR) is 74.3 cm³/mol. The number of oxazole rings is 1. The number of aryl methyl sites for hydroxylation is 1. The molecule has 2 aromatic rings. The molecular weight excluding hydrogens is 256 g/mol. The fourth-order valence-electron chi connectivity index (χ4n) is 1.70. The first kappa shape index (κ1) is 14.1. The van der Waals surface area contributed by atoms with Crippen molar-refractivity contribution in [2.45, 2.75) is 26.3 Å². The minimum absolute atomic E-state index is 0.0162. The van der Waals surface area contributed by atoms with Crippen LogP contribution in [-0.4, -0.2) is 17.5 Å². The SMILES string of the molecule is Cc1ncoc1CNC(=O)CCCOc1ccccc1. The molecule has 1 amide bonds. The van der Waals surface area contributed by atoms with Crippen LogP contribution in [0.15, 0.2) is 41.1 Å². The van der Waals surface area contributed by atoms with Crippen LogP contribution in [0.2, 0.25) is 0 Å². The number of aromatic nitrogens is 1. The largest absolute Gasteiger partial charge is 0.494 e. The van der Waals surface area contributed by atoms with Crippen molar-refractivity contribution in [3.63, 3.8) is 0 Å². The number of ether oxygens (including phenoxy) is 1. The summed E-state index contributed by atoms with van der Waals surface area (Å²) in [7, 11) is 0. The van der Waals surface area contributed by atoms with E-state index in [-0.39, 0.29) is 5.91 Å². The van der Waals surface area contributed by atoms with Crippen molar-refractivity contribution in [1.29, 1.82) is 0 Å². The molecule has 106 valence electrons. The molecule has 0 atom stereocenters. The van der Waals surface area contributed by atoms with Crippen LogP contribution in [0.3, 0.4) is 0 Å². The number of amides is 1. The van der Waals surface area contributed by atoms with Crippen molar-refractivity contribution < 1.29 is 13.9 Å². The monoisotopic (exact) mass is 274 g/mol. The summed E-state index contributed by atoms with van der Waals surface area (Å²) in [6, 6.07) is 9.56. The maximum absolute atomic E-state index is 11.6. The van der Waals surface area contributed by atoms with Crippen LogP contribution in [0.25, 0.3) is 0 Å². The summed E-state index contributed by atoms with van der Waals surface area (Å²) in [5.41, 5.74) is 0.803. The molecule has 0 spiro atoms. The maximum atomic E-state index is 11.6. The Bertz CT molecular complexity index is 537. The van der Waals surface area contributed by atoms with Crippen LogP contribution >= 0.6 is 0 Å². The lowest BCUT2D eigenvalue weighted by Crippen LogP contribution is -2.23. The van der Waals surface area contributed by atoms with Crippen LogP contribution in [0.5, 0.6) is 5.75 Å². The van der Waals surface area contributed by atoms with Crippen LogP contribution in [-0.2, 0) is 11.3 Å². The molecule has 0 unspecified atom stereocenters. The highest BCUT2D eigenvalue weighted by molar-refractivity contribution is 5.75. The fourth-order valence-corrected chi connectivity index (χ4v) is 1.70. The summed E-state index contributed by atoms with van der Waals surface area (Å²) in [4.78, 5) is 15.6. The molecule has 1 aromatic heterocycles. The van der Waals surface area contributed by atoms with E-state index in [2.05, 4.69) is 10.3 Å². The molecule has 0 bridgehead atoms. The van der Waals surface area contributed by atoms with Crippen molar-refractivity contribution in [3.8, 4) is 5.75 Å². The lowest BCUT2D eigenvalue weighted by Gasteiger charge is -2.06. The Morgan fingerprint density at radius 2 is 2.15 bits per heavy atom.